The van der Waals surface area contributed by atoms with Gasteiger partial charge in [0.1, 0.15) is 23.7 Å². The number of amides is 4. The maximum absolute atomic E-state index is 14.3. The summed E-state index contributed by atoms with van der Waals surface area (Å²) in [7, 11) is -8.17. The van der Waals surface area contributed by atoms with Gasteiger partial charge < -0.3 is 20.3 Å². The average molecular weight is 695 g/mol. The molecule has 4 atom stereocenters. The van der Waals surface area contributed by atoms with Gasteiger partial charge >= 0.3 is 6.09 Å². The number of carbonyl (C=O) groups is 4. The first-order valence-electron chi connectivity index (χ1n) is 15.7. The van der Waals surface area contributed by atoms with Crippen LogP contribution in [0, 0.1) is 11.3 Å². The van der Waals surface area contributed by atoms with Gasteiger partial charge in [-0.2, -0.15) is 4.31 Å². The van der Waals surface area contributed by atoms with Crippen LogP contribution in [-0.4, -0.2) is 97.0 Å². The van der Waals surface area contributed by atoms with Gasteiger partial charge in [-0.25, -0.2) is 21.6 Å². The fourth-order valence-corrected chi connectivity index (χ4v) is 8.78. The summed E-state index contributed by atoms with van der Waals surface area (Å²) in [4.78, 5) is 59.3. The maximum atomic E-state index is 14.3. The third-order valence-electron chi connectivity index (χ3n) is 9.14. The Labute approximate surface area is 275 Å². The normalized spacial score (nSPS) is 25.9. The van der Waals surface area contributed by atoms with E-state index in [0.717, 1.165) is 22.0 Å². The summed E-state index contributed by atoms with van der Waals surface area (Å²) in [6.45, 7) is 7.82. The third kappa shape index (κ3) is 7.31. The van der Waals surface area contributed by atoms with E-state index in [0.29, 0.717) is 25.7 Å². The van der Waals surface area contributed by atoms with Crippen molar-refractivity contribution in [3.8, 4) is 0 Å². The van der Waals surface area contributed by atoms with Crippen molar-refractivity contribution in [2.24, 2.45) is 11.3 Å². The molecule has 2 heterocycles. The number of hydrogen-bond donors (Lipinski definition) is 3. The molecule has 4 fully saturated rings. The molecule has 4 amide bonds. The van der Waals surface area contributed by atoms with Crippen molar-refractivity contribution in [3.05, 3.63) is 37.2 Å². The van der Waals surface area contributed by atoms with Crippen LogP contribution in [0.15, 0.2) is 42.1 Å². The van der Waals surface area contributed by atoms with Crippen molar-refractivity contribution >= 4 is 43.9 Å². The number of aromatic nitrogens is 1. The van der Waals surface area contributed by atoms with Crippen LogP contribution >= 0.6 is 0 Å². The topological polar surface area (TPSA) is 201 Å². The van der Waals surface area contributed by atoms with E-state index >= 15 is 0 Å². The van der Waals surface area contributed by atoms with E-state index in [-0.39, 0.29) is 17.4 Å². The number of nitrogens with one attached hydrogen (secondary N) is 3. The van der Waals surface area contributed by atoms with E-state index in [1.165, 1.54) is 30.6 Å². The van der Waals surface area contributed by atoms with E-state index < -0.39 is 91.3 Å². The standard InChI is InChI=1S/C30H42N6O9S2/c1-5-19-16-30(19,27(39)34-46(41,42)21-10-11-21)33-25(37)23-17-35(47(43,44)22-12-14-31-15-13-22)18-36(23)26(38)24(29(2,3)4)32-28(40)45-20-8-6-7-9-20/h5,12-15,19-21,23-24H,1,6-11,16-18H2,2-4H3,(H,32,40)(H,33,37)(H,34,39)/t19-,23+,24-,30-/m1/s1. The second-order valence-corrected chi connectivity index (χ2v) is 17.6. The monoisotopic (exact) mass is 694 g/mol. The Morgan fingerprint density at radius 1 is 1.06 bits per heavy atom. The Kier molecular flexibility index (Phi) is 9.47. The molecule has 17 heteroatoms. The zero-order valence-corrected chi connectivity index (χ0v) is 28.3. The minimum Gasteiger partial charge on any atom is -0.446 e. The second kappa shape index (κ2) is 12.8. The number of sulfonamides is 2. The van der Waals surface area contributed by atoms with Crippen molar-refractivity contribution in [3.63, 3.8) is 0 Å². The van der Waals surface area contributed by atoms with Gasteiger partial charge in [0.2, 0.25) is 31.9 Å². The van der Waals surface area contributed by atoms with Crippen LogP contribution in [0.4, 0.5) is 4.79 Å². The molecule has 0 bridgehead atoms. The lowest BCUT2D eigenvalue weighted by atomic mass is 9.85. The van der Waals surface area contributed by atoms with Crippen molar-refractivity contribution in [2.45, 2.75) is 99.6 Å². The molecule has 258 valence electrons. The number of ether oxygens (including phenoxy) is 1. The molecule has 0 spiro atoms. The molecule has 3 aliphatic carbocycles. The zero-order valence-electron chi connectivity index (χ0n) is 26.7. The molecular formula is C30H42N6O9S2. The fourth-order valence-electron chi connectivity index (χ4n) is 6.04. The summed E-state index contributed by atoms with van der Waals surface area (Å²) in [6.07, 6.45) is 7.11. The molecule has 3 N–H and O–H groups in total. The average Bonchev–Trinajstić information content (AvgIpc) is 3.88. The molecule has 3 saturated carbocycles. The number of carbonyl (C=O) groups excluding carboxylic acids is 4. The van der Waals surface area contributed by atoms with E-state index in [1.807, 2.05) is 0 Å². The van der Waals surface area contributed by atoms with Crippen LogP contribution in [0.1, 0.15) is 65.7 Å². The third-order valence-corrected chi connectivity index (χ3v) is 12.8. The van der Waals surface area contributed by atoms with Gasteiger partial charge in [-0.1, -0.05) is 26.8 Å². The van der Waals surface area contributed by atoms with E-state index in [4.69, 9.17) is 4.74 Å². The number of pyridine rings is 1. The largest absolute Gasteiger partial charge is 0.446 e. The Morgan fingerprint density at radius 3 is 2.26 bits per heavy atom. The molecule has 1 aromatic rings. The van der Waals surface area contributed by atoms with Crippen molar-refractivity contribution in [1.82, 2.24) is 29.5 Å². The van der Waals surface area contributed by atoms with Crippen LogP contribution in [-0.2, 0) is 39.2 Å². The second-order valence-electron chi connectivity index (χ2n) is 13.7. The van der Waals surface area contributed by atoms with Gasteiger partial charge in [0.05, 0.1) is 16.8 Å². The SMILES string of the molecule is C=C[C@@H]1C[C@]1(NC(=O)[C@@H]1CN(S(=O)(=O)c2ccncc2)CN1C(=O)[C@@H](NC(=O)OC1CCCC1)C(C)(C)C)C(=O)NS(=O)(=O)C1CC1. The van der Waals surface area contributed by atoms with E-state index in [9.17, 15) is 36.0 Å². The first kappa shape index (κ1) is 34.8. The number of nitrogens with zero attached hydrogens (tertiary/aromatic N) is 3. The van der Waals surface area contributed by atoms with E-state index in [2.05, 4.69) is 26.9 Å². The van der Waals surface area contributed by atoms with E-state index in [1.54, 1.807) is 20.8 Å². The van der Waals surface area contributed by atoms with Crippen molar-refractivity contribution in [2.75, 3.05) is 13.2 Å². The summed E-state index contributed by atoms with van der Waals surface area (Å²) < 4.78 is 61.0. The maximum Gasteiger partial charge on any atom is 0.408 e. The highest BCUT2D eigenvalue weighted by molar-refractivity contribution is 7.91. The summed E-state index contributed by atoms with van der Waals surface area (Å²) in [5.74, 6) is -3.13. The highest BCUT2D eigenvalue weighted by atomic mass is 32.2. The summed E-state index contributed by atoms with van der Waals surface area (Å²) >= 11 is 0. The van der Waals surface area contributed by atoms with Gasteiger partial charge in [0, 0.05) is 24.9 Å². The Bertz CT molecular complexity index is 1640. The molecule has 1 aromatic heterocycles. The first-order valence-corrected chi connectivity index (χ1v) is 18.7. The van der Waals surface area contributed by atoms with Crippen molar-refractivity contribution in [1.29, 1.82) is 0 Å². The molecule has 47 heavy (non-hydrogen) atoms. The molecule has 5 rings (SSSR count). The lowest BCUT2D eigenvalue weighted by Crippen LogP contribution is -2.60. The predicted molar refractivity (Wildman–Crippen MR) is 168 cm³/mol. The molecule has 15 nitrogen and oxygen atoms in total. The van der Waals surface area contributed by atoms with Gasteiger partial charge in [-0.05, 0) is 62.5 Å². The highest BCUT2D eigenvalue weighted by Gasteiger charge is 2.62. The molecule has 0 aromatic carbocycles. The fraction of sp³-hybridized carbons (Fsp3) is 0.633. The number of hydrogen-bond acceptors (Lipinski definition) is 10. The van der Waals surface area contributed by atoms with Crippen LogP contribution in [0.5, 0.6) is 0 Å². The Balaban J connectivity index is 1.43. The molecular weight excluding hydrogens is 652 g/mol. The van der Waals surface area contributed by atoms with Gasteiger partial charge in [0.15, 0.2) is 0 Å². The molecule has 4 aliphatic rings. The van der Waals surface area contributed by atoms with Crippen LogP contribution in [0.25, 0.3) is 0 Å². The van der Waals surface area contributed by atoms with Gasteiger partial charge in [0.25, 0.3) is 5.91 Å². The Hall–Kier alpha value is -3.57. The van der Waals surface area contributed by atoms with Crippen LogP contribution in [0.2, 0.25) is 0 Å². The zero-order chi connectivity index (χ0) is 34.4. The minimum atomic E-state index is -4.23. The molecule has 0 unspecified atom stereocenters. The van der Waals surface area contributed by atoms with Crippen molar-refractivity contribution < 1.29 is 40.8 Å². The minimum absolute atomic E-state index is 0.0626. The summed E-state index contributed by atoms with van der Waals surface area (Å²) in [6, 6.07) is -0.0942. The first-order chi connectivity index (χ1) is 22.0. The number of rotatable bonds is 11. The van der Waals surface area contributed by atoms with Gasteiger partial charge in [-0.15, -0.1) is 6.58 Å². The van der Waals surface area contributed by atoms with Crippen LogP contribution in [0.3, 0.4) is 0 Å². The lowest BCUT2D eigenvalue weighted by molar-refractivity contribution is -0.142. The highest BCUT2D eigenvalue weighted by Crippen LogP contribution is 2.45. The van der Waals surface area contributed by atoms with Gasteiger partial charge in [-0.3, -0.25) is 24.1 Å². The van der Waals surface area contributed by atoms with Crippen LogP contribution < -0.4 is 15.4 Å². The molecule has 1 saturated heterocycles. The molecule has 1 aliphatic heterocycles. The Morgan fingerprint density at radius 2 is 1.70 bits per heavy atom. The molecule has 0 radical (unpaired) electrons. The predicted octanol–water partition coefficient (Wildman–Crippen LogP) is 0.993. The quantitative estimate of drug-likeness (QED) is 0.281. The number of alkyl carbamates (subject to hydrolysis) is 1. The summed E-state index contributed by atoms with van der Waals surface area (Å²) in [5, 5.41) is 4.59. The smallest absolute Gasteiger partial charge is 0.408 e. The lowest BCUT2D eigenvalue weighted by Gasteiger charge is -2.35. The summed E-state index contributed by atoms with van der Waals surface area (Å²) in [5.41, 5.74) is -2.55.